The van der Waals surface area contributed by atoms with Crippen LogP contribution in [-0.2, 0) is 13.2 Å². The van der Waals surface area contributed by atoms with E-state index in [1.807, 2.05) is 32.0 Å². The summed E-state index contributed by atoms with van der Waals surface area (Å²) in [5.74, 6) is -0.0270. The average molecular weight is 314 g/mol. The van der Waals surface area contributed by atoms with E-state index >= 15 is 0 Å². The molecule has 1 heterocycles. The van der Waals surface area contributed by atoms with Crippen LogP contribution in [0.2, 0.25) is 4.34 Å². The molecule has 0 fully saturated rings. The molecule has 0 unspecified atom stereocenters. The first-order chi connectivity index (χ1) is 9.56. The van der Waals surface area contributed by atoms with Gasteiger partial charge in [-0.1, -0.05) is 37.6 Å². The van der Waals surface area contributed by atoms with E-state index in [9.17, 15) is 4.39 Å². The van der Waals surface area contributed by atoms with Crippen molar-refractivity contribution in [2.75, 3.05) is 0 Å². The van der Waals surface area contributed by atoms with Crippen molar-refractivity contribution in [3.8, 4) is 5.75 Å². The standard InChI is InChI=1S/C15H17ClFNOS/c1-10(2)18-8-11-4-3-5-13(17)15(11)19-9-12-6-7-14(16)20-12/h3-7,10,18H,8-9H2,1-2H3. The van der Waals surface area contributed by atoms with Crippen LogP contribution in [0.3, 0.4) is 0 Å². The van der Waals surface area contributed by atoms with Gasteiger partial charge in [0.05, 0.1) is 4.34 Å². The molecule has 2 nitrogen and oxygen atoms in total. The third-order valence-corrected chi connectivity index (χ3v) is 3.94. The van der Waals surface area contributed by atoms with E-state index in [4.69, 9.17) is 16.3 Å². The summed E-state index contributed by atoms with van der Waals surface area (Å²) >= 11 is 7.31. The second-order valence-electron chi connectivity index (χ2n) is 4.76. The van der Waals surface area contributed by atoms with Gasteiger partial charge in [-0.25, -0.2) is 4.39 Å². The molecular weight excluding hydrogens is 297 g/mol. The molecule has 0 aliphatic rings. The molecule has 2 rings (SSSR count). The molecule has 5 heteroatoms. The van der Waals surface area contributed by atoms with Crippen molar-refractivity contribution in [3.05, 3.63) is 50.9 Å². The van der Waals surface area contributed by atoms with Gasteiger partial charge in [0.2, 0.25) is 0 Å². The fourth-order valence-corrected chi connectivity index (χ4v) is 2.74. The Morgan fingerprint density at radius 2 is 2.10 bits per heavy atom. The Kier molecular flexibility index (Phi) is 5.40. The molecule has 1 aromatic carbocycles. The maximum absolute atomic E-state index is 13.9. The minimum atomic E-state index is -0.337. The Balaban J connectivity index is 2.08. The number of thiophene rings is 1. The molecule has 20 heavy (non-hydrogen) atoms. The zero-order chi connectivity index (χ0) is 14.5. The van der Waals surface area contributed by atoms with Crippen LogP contribution in [0.5, 0.6) is 5.75 Å². The maximum atomic E-state index is 13.9. The summed E-state index contributed by atoms with van der Waals surface area (Å²) in [6, 6.07) is 9.02. The predicted molar refractivity (Wildman–Crippen MR) is 82.0 cm³/mol. The fourth-order valence-electron chi connectivity index (χ4n) is 1.74. The largest absolute Gasteiger partial charge is 0.485 e. The molecule has 0 saturated carbocycles. The quantitative estimate of drug-likeness (QED) is 0.840. The molecule has 2 aromatic rings. The van der Waals surface area contributed by atoms with Gasteiger partial charge in [0, 0.05) is 23.0 Å². The Labute approximate surface area is 127 Å². The summed E-state index contributed by atoms with van der Waals surface area (Å²) in [7, 11) is 0. The van der Waals surface area contributed by atoms with E-state index in [0.29, 0.717) is 29.3 Å². The molecule has 0 radical (unpaired) electrons. The lowest BCUT2D eigenvalue weighted by Crippen LogP contribution is -2.22. The molecule has 0 aliphatic heterocycles. The first-order valence-electron chi connectivity index (χ1n) is 6.44. The van der Waals surface area contributed by atoms with Crippen LogP contribution < -0.4 is 10.1 Å². The molecular formula is C15H17ClFNOS. The summed E-state index contributed by atoms with van der Waals surface area (Å²) in [5.41, 5.74) is 0.821. The van der Waals surface area contributed by atoms with Gasteiger partial charge in [-0.2, -0.15) is 0 Å². The molecule has 0 bridgehead atoms. The first kappa shape index (κ1) is 15.3. The number of benzene rings is 1. The number of hydrogen-bond acceptors (Lipinski definition) is 3. The van der Waals surface area contributed by atoms with Gasteiger partial charge in [-0.05, 0) is 18.2 Å². The molecule has 108 valence electrons. The van der Waals surface area contributed by atoms with Gasteiger partial charge in [0.25, 0.3) is 0 Å². The fraction of sp³-hybridized carbons (Fsp3) is 0.333. The molecule has 0 amide bonds. The summed E-state index contributed by atoms with van der Waals surface area (Å²) in [4.78, 5) is 0.973. The highest BCUT2D eigenvalue weighted by molar-refractivity contribution is 7.16. The van der Waals surface area contributed by atoms with Crippen LogP contribution in [0.25, 0.3) is 0 Å². The summed E-state index contributed by atoms with van der Waals surface area (Å²) in [6.45, 7) is 5.00. The normalized spacial score (nSPS) is 11.1. The van der Waals surface area contributed by atoms with Gasteiger partial charge in [0.1, 0.15) is 6.61 Å². The summed E-state index contributed by atoms with van der Waals surface area (Å²) in [6.07, 6.45) is 0. The number of hydrogen-bond donors (Lipinski definition) is 1. The zero-order valence-corrected chi connectivity index (χ0v) is 13.0. The second-order valence-corrected chi connectivity index (χ2v) is 6.56. The van der Waals surface area contributed by atoms with Crippen LogP contribution in [0.15, 0.2) is 30.3 Å². The highest BCUT2D eigenvalue weighted by Crippen LogP contribution is 2.26. The minimum absolute atomic E-state index is 0.310. The molecule has 0 atom stereocenters. The number of halogens is 2. The Morgan fingerprint density at radius 1 is 1.30 bits per heavy atom. The van der Waals surface area contributed by atoms with E-state index < -0.39 is 0 Å². The molecule has 0 aliphatic carbocycles. The Bertz CT molecular complexity index is 571. The van der Waals surface area contributed by atoms with Crippen molar-refractivity contribution >= 4 is 22.9 Å². The molecule has 0 saturated heterocycles. The van der Waals surface area contributed by atoms with Crippen molar-refractivity contribution in [3.63, 3.8) is 0 Å². The Morgan fingerprint density at radius 3 is 2.75 bits per heavy atom. The van der Waals surface area contributed by atoms with Crippen LogP contribution in [0.4, 0.5) is 4.39 Å². The van der Waals surface area contributed by atoms with E-state index in [0.717, 1.165) is 10.4 Å². The lowest BCUT2D eigenvalue weighted by molar-refractivity contribution is 0.289. The van der Waals surface area contributed by atoms with E-state index in [1.54, 1.807) is 6.07 Å². The van der Waals surface area contributed by atoms with E-state index in [1.165, 1.54) is 17.4 Å². The lowest BCUT2D eigenvalue weighted by atomic mass is 10.2. The summed E-state index contributed by atoms with van der Waals surface area (Å²) < 4.78 is 20.3. The van der Waals surface area contributed by atoms with Gasteiger partial charge in [-0.3, -0.25) is 0 Å². The number of ether oxygens (including phenoxy) is 1. The van der Waals surface area contributed by atoms with Gasteiger partial charge < -0.3 is 10.1 Å². The second kappa shape index (κ2) is 7.07. The molecule has 1 N–H and O–H groups in total. The topological polar surface area (TPSA) is 21.3 Å². The average Bonchev–Trinajstić information content (AvgIpc) is 2.81. The Hall–Kier alpha value is -1.10. The number of rotatable bonds is 6. The highest BCUT2D eigenvalue weighted by Gasteiger charge is 2.11. The highest BCUT2D eigenvalue weighted by atomic mass is 35.5. The van der Waals surface area contributed by atoms with E-state index in [2.05, 4.69) is 5.32 Å². The molecule has 1 aromatic heterocycles. The number of nitrogens with one attached hydrogen (secondary N) is 1. The van der Waals surface area contributed by atoms with Crippen molar-refractivity contribution in [2.24, 2.45) is 0 Å². The zero-order valence-electron chi connectivity index (χ0n) is 11.5. The van der Waals surface area contributed by atoms with Crippen LogP contribution in [-0.4, -0.2) is 6.04 Å². The van der Waals surface area contributed by atoms with Crippen molar-refractivity contribution < 1.29 is 9.13 Å². The van der Waals surface area contributed by atoms with Crippen LogP contribution in [0.1, 0.15) is 24.3 Å². The first-order valence-corrected chi connectivity index (χ1v) is 7.63. The van der Waals surface area contributed by atoms with Crippen molar-refractivity contribution in [2.45, 2.75) is 33.0 Å². The third kappa shape index (κ3) is 4.20. The van der Waals surface area contributed by atoms with Crippen molar-refractivity contribution in [1.82, 2.24) is 5.32 Å². The monoisotopic (exact) mass is 313 g/mol. The van der Waals surface area contributed by atoms with Gasteiger partial charge in [0.15, 0.2) is 11.6 Å². The third-order valence-electron chi connectivity index (χ3n) is 2.74. The van der Waals surface area contributed by atoms with Crippen LogP contribution >= 0.6 is 22.9 Å². The predicted octanol–water partition coefficient (Wildman–Crippen LogP) is 4.62. The van der Waals surface area contributed by atoms with Crippen molar-refractivity contribution in [1.29, 1.82) is 0 Å². The van der Waals surface area contributed by atoms with E-state index in [-0.39, 0.29) is 5.82 Å². The lowest BCUT2D eigenvalue weighted by Gasteiger charge is -2.14. The smallest absolute Gasteiger partial charge is 0.165 e. The number of para-hydroxylation sites is 1. The van der Waals surface area contributed by atoms with Gasteiger partial charge in [-0.15, -0.1) is 11.3 Å². The maximum Gasteiger partial charge on any atom is 0.165 e. The SMILES string of the molecule is CC(C)NCc1cccc(F)c1OCc1ccc(Cl)s1. The minimum Gasteiger partial charge on any atom is -0.485 e. The van der Waals surface area contributed by atoms with Crippen LogP contribution in [0, 0.1) is 5.82 Å². The van der Waals surface area contributed by atoms with Gasteiger partial charge >= 0.3 is 0 Å². The molecule has 0 spiro atoms. The summed E-state index contributed by atoms with van der Waals surface area (Å²) in [5, 5.41) is 3.27.